The summed E-state index contributed by atoms with van der Waals surface area (Å²) in [6, 6.07) is 4.67. The van der Waals surface area contributed by atoms with Gasteiger partial charge >= 0.3 is 5.97 Å². The molecule has 0 N–H and O–H groups in total. The lowest BCUT2D eigenvalue weighted by atomic mass is 10.1. The molecule has 0 unspecified atom stereocenters. The van der Waals surface area contributed by atoms with Gasteiger partial charge in [0.05, 0.1) is 31.7 Å². The maximum absolute atomic E-state index is 14.4. The number of carbonyl (C=O) groups is 2. The Labute approximate surface area is 169 Å². The van der Waals surface area contributed by atoms with Crippen LogP contribution in [0.2, 0.25) is 0 Å². The van der Waals surface area contributed by atoms with Crippen LogP contribution in [0.1, 0.15) is 17.3 Å². The molecule has 0 atom stereocenters. The van der Waals surface area contributed by atoms with Gasteiger partial charge in [0.1, 0.15) is 29.3 Å². The third-order valence-corrected chi connectivity index (χ3v) is 4.02. The first-order valence-corrected chi connectivity index (χ1v) is 8.64. The fourth-order valence-electron chi connectivity index (χ4n) is 2.68. The van der Waals surface area contributed by atoms with Gasteiger partial charge in [-0.05, 0) is 13.0 Å². The zero-order valence-electron chi connectivity index (χ0n) is 16.2. The number of Topliss-reactive ketones (excluding diaryl/α,β-unsaturated/α-hetero) is 1. The summed E-state index contributed by atoms with van der Waals surface area (Å²) in [6.45, 7) is 1.36. The molecule has 0 radical (unpaired) electrons. The fraction of sp³-hybridized carbons (Fsp3) is 0.200. The summed E-state index contributed by atoms with van der Waals surface area (Å²) in [5.74, 6) is -4.83. The highest BCUT2D eigenvalue weighted by molar-refractivity contribution is 6.40. The Morgan fingerprint density at radius 2 is 1.60 bits per heavy atom. The average molecular weight is 418 g/mol. The molecule has 1 aromatic heterocycles. The quantitative estimate of drug-likeness (QED) is 0.327. The monoisotopic (exact) mass is 418 g/mol. The van der Waals surface area contributed by atoms with Crippen LogP contribution in [0.25, 0.3) is 10.9 Å². The summed E-state index contributed by atoms with van der Waals surface area (Å²) in [4.78, 5) is 31.5. The standard InChI is InChI=1S/C20H16F2N2O6/c1-4-29-20(26)18(25)17-12(21)5-10(6-13(17)22)30-19-11-7-15(27-2)16(28-3)8-14(11)23-9-24-19/h5-9H,4H2,1-3H3. The predicted molar refractivity (Wildman–Crippen MR) is 100 cm³/mol. The number of hydrogen-bond donors (Lipinski definition) is 0. The van der Waals surface area contributed by atoms with E-state index in [4.69, 9.17) is 14.2 Å². The molecule has 2 aromatic carbocycles. The lowest BCUT2D eigenvalue weighted by Gasteiger charge is -2.12. The predicted octanol–water partition coefficient (Wildman–Crippen LogP) is 3.46. The minimum atomic E-state index is -1.43. The normalized spacial score (nSPS) is 10.6. The molecule has 30 heavy (non-hydrogen) atoms. The van der Waals surface area contributed by atoms with Crippen molar-refractivity contribution in [2.45, 2.75) is 6.92 Å². The van der Waals surface area contributed by atoms with Crippen molar-refractivity contribution in [3.05, 3.63) is 47.8 Å². The van der Waals surface area contributed by atoms with Crippen LogP contribution in [0.4, 0.5) is 8.78 Å². The summed E-state index contributed by atoms with van der Waals surface area (Å²) in [5.41, 5.74) is -0.590. The van der Waals surface area contributed by atoms with Crippen LogP contribution in [-0.4, -0.2) is 42.5 Å². The van der Waals surface area contributed by atoms with Crippen molar-refractivity contribution in [1.29, 1.82) is 0 Å². The summed E-state index contributed by atoms with van der Waals surface area (Å²) in [6.07, 6.45) is 1.20. The van der Waals surface area contributed by atoms with Gasteiger partial charge in [-0.2, -0.15) is 0 Å². The van der Waals surface area contributed by atoms with Crippen LogP contribution in [0.15, 0.2) is 30.6 Å². The fourth-order valence-corrected chi connectivity index (χ4v) is 2.68. The molecule has 156 valence electrons. The van der Waals surface area contributed by atoms with Crippen molar-refractivity contribution in [2.75, 3.05) is 20.8 Å². The first kappa shape index (κ1) is 20.9. The maximum Gasteiger partial charge on any atom is 0.379 e. The minimum Gasteiger partial charge on any atom is -0.493 e. The molecular formula is C20H16F2N2O6. The van der Waals surface area contributed by atoms with Crippen molar-refractivity contribution in [2.24, 2.45) is 0 Å². The topological polar surface area (TPSA) is 96.8 Å². The van der Waals surface area contributed by atoms with Crippen LogP contribution in [0.5, 0.6) is 23.1 Å². The first-order chi connectivity index (χ1) is 14.4. The largest absolute Gasteiger partial charge is 0.493 e. The van der Waals surface area contributed by atoms with Crippen molar-refractivity contribution in [3.8, 4) is 23.1 Å². The van der Waals surface area contributed by atoms with Gasteiger partial charge in [0.15, 0.2) is 11.5 Å². The molecule has 0 spiro atoms. The summed E-state index contributed by atoms with van der Waals surface area (Å²) in [7, 11) is 2.91. The molecule has 10 heteroatoms. The molecule has 0 amide bonds. The summed E-state index contributed by atoms with van der Waals surface area (Å²) in [5, 5.41) is 0.391. The molecule has 0 saturated heterocycles. The van der Waals surface area contributed by atoms with Crippen molar-refractivity contribution in [1.82, 2.24) is 9.97 Å². The molecule has 0 aliphatic rings. The van der Waals surface area contributed by atoms with Crippen molar-refractivity contribution in [3.63, 3.8) is 0 Å². The van der Waals surface area contributed by atoms with E-state index in [-0.39, 0.29) is 18.2 Å². The van der Waals surface area contributed by atoms with E-state index >= 15 is 0 Å². The Morgan fingerprint density at radius 3 is 2.20 bits per heavy atom. The van der Waals surface area contributed by atoms with E-state index in [1.54, 1.807) is 12.1 Å². The number of halogens is 2. The van der Waals surface area contributed by atoms with Gasteiger partial charge < -0.3 is 18.9 Å². The second kappa shape index (κ2) is 8.68. The number of carbonyl (C=O) groups excluding carboxylic acids is 2. The molecular weight excluding hydrogens is 402 g/mol. The van der Waals surface area contributed by atoms with E-state index in [1.165, 1.54) is 27.5 Å². The Bertz CT molecular complexity index is 1110. The molecule has 0 aliphatic heterocycles. The number of fused-ring (bicyclic) bond motifs is 1. The molecule has 3 aromatic rings. The Balaban J connectivity index is 2.00. The number of ether oxygens (including phenoxy) is 4. The molecule has 0 bridgehead atoms. The van der Waals surface area contributed by atoms with E-state index in [2.05, 4.69) is 14.7 Å². The van der Waals surface area contributed by atoms with Gasteiger partial charge in [-0.25, -0.2) is 23.5 Å². The van der Waals surface area contributed by atoms with Crippen molar-refractivity contribution >= 4 is 22.7 Å². The van der Waals surface area contributed by atoms with Gasteiger partial charge in [-0.1, -0.05) is 0 Å². The maximum atomic E-state index is 14.4. The lowest BCUT2D eigenvalue weighted by Crippen LogP contribution is -2.20. The Morgan fingerprint density at radius 1 is 0.967 bits per heavy atom. The summed E-state index contributed by atoms with van der Waals surface area (Å²) >= 11 is 0. The van der Waals surface area contributed by atoms with Crippen LogP contribution in [-0.2, 0) is 9.53 Å². The highest BCUT2D eigenvalue weighted by atomic mass is 19.1. The number of ketones is 1. The number of hydrogen-bond acceptors (Lipinski definition) is 8. The van der Waals surface area contributed by atoms with Gasteiger partial charge in [-0.15, -0.1) is 0 Å². The van der Waals surface area contributed by atoms with Crippen LogP contribution in [0, 0.1) is 11.6 Å². The number of esters is 1. The Kier molecular flexibility index (Phi) is 6.05. The van der Waals surface area contributed by atoms with Gasteiger partial charge in [0.2, 0.25) is 5.88 Å². The average Bonchev–Trinajstić information content (AvgIpc) is 2.72. The SMILES string of the molecule is CCOC(=O)C(=O)c1c(F)cc(Oc2ncnc3cc(OC)c(OC)cc23)cc1F. The minimum absolute atomic E-state index is 0.00998. The van der Waals surface area contributed by atoms with Crippen LogP contribution >= 0.6 is 0 Å². The van der Waals surface area contributed by atoms with E-state index in [1.807, 2.05) is 0 Å². The second-order valence-corrected chi connectivity index (χ2v) is 5.82. The zero-order chi connectivity index (χ0) is 21.8. The first-order valence-electron chi connectivity index (χ1n) is 8.64. The second-order valence-electron chi connectivity index (χ2n) is 5.82. The summed E-state index contributed by atoms with van der Waals surface area (Å²) < 4.78 is 49.2. The smallest absolute Gasteiger partial charge is 0.379 e. The van der Waals surface area contributed by atoms with Gasteiger partial charge in [-0.3, -0.25) is 4.79 Å². The Hall–Kier alpha value is -3.82. The van der Waals surface area contributed by atoms with Crippen molar-refractivity contribution < 1.29 is 37.3 Å². The lowest BCUT2D eigenvalue weighted by molar-refractivity contribution is -0.137. The van der Waals surface area contributed by atoms with Gasteiger partial charge in [0, 0.05) is 18.2 Å². The van der Waals surface area contributed by atoms with E-state index in [0.29, 0.717) is 22.4 Å². The number of methoxy groups -OCH3 is 2. The van der Waals surface area contributed by atoms with E-state index in [0.717, 1.165) is 12.1 Å². The molecule has 0 saturated carbocycles. The number of nitrogens with zero attached hydrogens (tertiary/aromatic N) is 2. The van der Waals surface area contributed by atoms with Gasteiger partial charge in [0.25, 0.3) is 5.78 Å². The number of rotatable bonds is 7. The highest BCUT2D eigenvalue weighted by Gasteiger charge is 2.26. The highest BCUT2D eigenvalue weighted by Crippen LogP contribution is 2.36. The molecule has 0 aliphatic carbocycles. The third-order valence-electron chi connectivity index (χ3n) is 4.02. The molecule has 1 heterocycles. The number of benzene rings is 2. The van der Waals surface area contributed by atoms with E-state index < -0.39 is 29.0 Å². The zero-order valence-corrected chi connectivity index (χ0v) is 16.2. The van der Waals surface area contributed by atoms with Crippen LogP contribution in [0.3, 0.4) is 0 Å². The number of aromatic nitrogens is 2. The molecule has 3 rings (SSSR count). The third kappa shape index (κ3) is 3.97. The molecule has 8 nitrogen and oxygen atoms in total. The van der Waals surface area contributed by atoms with E-state index in [9.17, 15) is 18.4 Å². The van der Waals surface area contributed by atoms with Crippen LogP contribution < -0.4 is 14.2 Å². The molecule has 0 fully saturated rings.